The molecule has 3 rings (SSSR count). The number of aliphatic imine (C=N–C) groups is 1. The molecule has 1 aromatic heterocycles. The molecule has 1 saturated carbocycles. The van der Waals surface area contributed by atoms with Gasteiger partial charge in [0, 0.05) is 44.2 Å². The number of anilines is 1. The predicted molar refractivity (Wildman–Crippen MR) is 101 cm³/mol. The van der Waals surface area contributed by atoms with E-state index in [0.29, 0.717) is 36.9 Å². The first kappa shape index (κ1) is 17.9. The number of nitrogens with zero attached hydrogens (tertiary/aromatic N) is 5. The van der Waals surface area contributed by atoms with Gasteiger partial charge in [0.25, 0.3) is 0 Å². The van der Waals surface area contributed by atoms with E-state index in [4.69, 9.17) is 10.7 Å². The highest BCUT2D eigenvalue weighted by Crippen LogP contribution is 2.42. The number of carbonyl (C=O) groups is 1. The number of rotatable bonds is 5. The maximum absolute atomic E-state index is 11.1. The van der Waals surface area contributed by atoms with E-state index in [-0.39, 0.29) is 6.04 Å². The summed E-state index contributed by atoms with van der Waals surface area (Å²) in [6.45, 7) is 3.99. The third-order valence-corrected chi connectivity index (χ3v) is 5.00. The molecular formula is C19H24N6O. The van der Waals surface area contributed by atoms with Crippen molar-refractivity contribution in [2.45, 2.75) is 31.7 Å². The number of allylic oxidation sites excluding steroid dienone is 1. The van der Waals surface area contributed by atoms with Gasteiger partial charge in [-0.1, -0.05) is 0 Å². The lowest BCUT2D eigenvalue weighted by Crippen LogP contribution is -2.51. The topological polar surface area (TPSA) is 98.6 Å². The molecule has 1 amide bonds. The van der Waals surface area contributed by atoms with Crippen LogP contribution in [0.15, 0.2) is 23.3 Å². The summed E-state index contributed by atoms with van der Waals surface area (Å²) in [4.78, 5) is 24.2. The standard InChI is InChI=1S/C19H24N6O/c1-13-11-24(7-8-25(13)12-26)19-15(10-21)9-16(17(22-2)5-6-20)18(23-19)14-3-4-14/h5-6,9,12-14H,3-4,7-8,11,20H2,1-2H3. The summed E-state index contributed by atoms with van der Waals surface area (Å²) in [6, 6.07) is 4.26. The van der Waals surface area contributed by atoms with Gasteiger partial charge in [-0.2, -0.15) is 5.26 Å². The molecule has 1 saturated heterocycles. The van der Waals surface area contributed by atoms with Crippen molar-refractivity contribution in [3.05, 3.63) is 35.2 Å². The van der Waals surface area contributed by atoms with Crippen LogP contribution in [-0.4, -0.2) is 54.7 Å². The molecule has 0 radical (unpaired) electrons. The largest absolute Gasteiger partial charge is 0.405 e. The summed E-state index contributed by atoms with van der Waals surface area (Å²) in [6.07, 6.45) is 6.30. The summed E-state index contributed by atoms with van der Waals surface area (Å²) in [5.41, 5.74) is 8.70. The Morgan fingerprint density at radius 3 is 2.77 bits per heavy atom. The van der Waals surface area contributed by atoms with Gasteiger partial charge in [-0.15, -0.1) is 0 Å². The zero-order valence-corrected chi connectivity index (χ0v) is 15.2. The van der Waals surface area contributed by atoms with E-state index in [2.05, 4.69) is 16.0 Å². The van der Waals surface area contributed by atoms with Crippen LogP contribution in [0.25, 0.3) is 0 Å². The normalized spacial score (nSPS) is 21.1. The van der Waals surface area contributed by atoms with E-state index in [1.807, 2.05) is 13.0 Å². The van der Waals surface area contributed by atoms with Crippen molar-refractivity contribution in [1.29, 1.82) is 5.26 Å². The Morgan fingerprint density at radius 2 is 2.23 bits per heavy atom. The molecule has 0 bridgehead atoms. The molecule has 1 unspecified atom stereocenters. The van der Waals surface area contributed by atoms with Crippen molar-refractivity contribution in [2.75, 3.05) is 31.6 Å². The minimum absolute atomic E-state index is 0.0894. The minimum Gasteiger partial charge on any atom is -0.405 e. The van der Waals surface area contributed by atoms with Crippen molar-refractivity contribution in [3.63, 3.8) is 0 Å². The zero-order chi connectivity index (χ0) is 18.7. The Hall–Kier alpha value is -2.88. The molecule has 7 heteroatoms. The Balaban J connectivity index is 2.03. The highest BCUT2D eigenvalue weighted by molar-refractivity contribution is 6.09. The number of aromatic nitrogens is 1. The molecule has 2 heterocycles. The van der Waals surface area contributed by atoms with E-state index in [1.165, 1.54) is 6.20 Å². The number of amides is 1. The van der Waals surface area contributed by atoms with Gasteiger partial charge in [-0.05, 0) is 38.1 Å². The number of carbonyl (C=O) groups excluding carboxylic acids is 1. The first-order valence-corrected chi connectivity index (χ1v) is 8.89. The summed E-state index contributed by atoms with van der Waals surface area (Å²) < 4.78 is 0. The molecule has 2 fully saturated rings. The summed E-state index contributed by atoms with van der Waals surface area (Å²) in [5.74, 6) is 1.12. The molecule has 7 nitrogen and oxygen atoms in total. The Labute approximate surface area is 153 Å². The van der Waals surface area contributed by atoms with E-state index in [0.717, 1.165) is 36.2 Å². The maximum atomic E-state index is 11.1. The van der Waals surface area contributed by atoms with Crippen LogP contribution in [0.1, 0.15) is 42.5 Å². The van der Waals surface area contributed by atoms with Gasteiger partial charge in [-0.3, -0.25) is 9.79 Å². The summed E-state index contributed by atoms with van der Waals surface area (Å²) in [5, 5.41) is 9.70. The van der Waals surface area contributed by atoms with Crippen LogP contribution < -0.4 is 10.6 Å². The van der Waals surface area contributed by atoms with E-state index in [1.54, 1.807) is 18.0 Å². The van der Waals surface area contributed by atoms with Gasteiger partial charge >= 0.3 is 0 Å². The van der Waals surface area contributed by atoms with E-state index < -0.39 is 0 Å². The quantitative estimate of drug-likeness (QED) is 0.638. The molecule has 2 N–H and O–H groups in total. The minimum atomic E-state index is 0.0894. The van der Waals surface area contributed by atoms with Crippen molar-refractivity contribution in [1.82, 2.24) is 9.88 Å². The molecular weight excluding hydrogens is 328 g/mol. The molecule has 1 atom stereocenters. The van der Waals surface area contributed by atoms with Gasteiger partial charge in [0.2, 0.25) is 6.41 Å². The van der Waals surface area contributed by atoms with Gasteiger partial charge in [0.1, 0.15) is 11.9 Å². The molecule has 0 spiro atoms. The van der Waals surface area contributed by atoms with Crippen LogP contribution in [0.4, 0.5) is 5.82 Å². The maximum Gasteiger partial charge on any atom is 0.210 e. The van der Waals surface area contributed by atoms with Crippen LogP contribution in [0.5, 0.6) is 0 Å². The number of pyridine rings is 1. The third kappa shape index (κ3) is 3.40. The average Bonchev–Trinajstić information content (AvgIpc) is 3.50. The Kier molecular flexibility index (Phi) is 5.21. The van der Waals surface area contributed by atoms with Gasteiger partial charge in [0.05, 0.1) is 17.0 Å². The van der Waals surface area contributed by atoms with Crippen molar-refractivity contribution < 1.29 is 4.79 Å². The van der Waals surface area contributed by atoms with E-state index in [9.17, 15) is 10.1 Å². The van der Waals surface area contributed by atoms with Crippen LogP contribution in [-0.2, 0) is 4.79 Å². The Morgan fingerprint density at radius 1 is 1.46 bits per heavy atom. The third-order valence-electron chi connectivity index (χ3n) is 5.00. The highest BCUT2D eigenvalue weighted by atomic mass is 16.1. The number of nitrogens with two attached hydrogens (primary N) is 1. The summed E-state index contributed by atoms with van der Waals surface area (Å²) in [7, 11) is 1.71. The lowest BCUT2D eigenvalue weighted by atomic mass is 10.0. The molecule has 1 aliphatic carbocycles. The molecule has 1 aliphatic heterocycles. The fourth-order valence-corrected chi connectivity index (χ4v) is 3.41. The molecule has 136 valence electrons. The first-order valence-electron chi connectivity index (χ1n) is 8.89. The number of nitriles is 1. The summed E-state index contributed by atoms with van der Waals surface area (Å²) >= 11 is 0. The average molecular weight is 352 g/mol. The predicted octanol–water partition coefficient (Wildman–Crippen LogP) is 1.39. The number of piperazine rings is 1. The fourth-order valence-electron chi connectivity index (χ4n) is 3.41. The second kappa shape index (κ2) is 7.56. The van der Waals surface area contributed by atoms with Crippen LogP contribution in [0.2, 0.25) is 0 Å². The van der Waals surface area contributed by atoms with Crippen molar-refractivity contribution >= 4 is 17.9 Å². The molecule has 0 aromatic carbocycles. The number of hydrogen-bond donors (Lipinski definition) is 1. The first-order chi connectivity index (χ1) is 12.6. The molecule has 1 aromatic rings. The van der Waals surface area contributed by atoms with Gasteiger partial charge in [-0.25, -0.2) is 4.98 Å². The monoisotopic (exact) mass is 352 g/mol. The molecule has 2 aliphatic rings. The SMILES string of the molecule is CN=C(C=CN)c1cc(C#N)c(N2CCN(C=O)C(C)C2)nc1C1CC1. The zero-order valence-electron chi connectivity index (χ0n) is 15.2. The Bertz CT molecular complexity index is 790. The van der Waals surface area contributed by atoms with Crippen LogP contribution in [0, 0.1) is 11.3 Å². The fraction of sp³-hybridized carbons (Fsp3) is 0.474. The smallest absolute Gasteiger partial charge is 0.210 e. The lowest BCUT2D eigenvalue weighted by molar-refractivity contribution is -0.120. The highest BCUT2D eigenvalue weighted by Gasteiger charge is 2.32. The second-order valence-corrected chi connectivity index (χ2v) is 6.78. The van der Waals surface area contributed by atoms with Gasteiger partial charge < -0.3 is 15.5 Å². The molecule has 26 heavy (non-hydrogen) atoms. The van der Waals surface area contributed by atoms with Crippen LogP contribution in [0.3, 0.4) is 0 Å². The number of hydrogen-bond acceptors (Lipinski definition) is 6. The van der Waals surface area contributed by atoms with Crippen molar-refractivity contribution in [2.24, 2.45) is 10.7 Å². The van der Waals surface area contributed by atoms with Crippen molar-refractivity contribution in [3.8, 4) is 6.07 Å². The van der Waals surface area contributed by atoms with E-state index >= 15 is 0 Å². The second-order valence-electron chi connectivity index (χ2n) is 6.78. The lowest BCUT2D eigenvalue weighted by Gasteiger charge is -2.38. The van der Waals surface area contributed by atoms with Crippen LogP contribution >= 0.6 is 0 Å². The van der Waals surface area contributed by atoms with Gasteiger partial charge in [0.15, 0.2) is 0 Å².